The van der Waals surface area contributed by atoms with E-state index >= 15 is 0 Å². The highest BCUT2D eigenvalue weighted by molar-refractivity contribution is 6.04. The monoisotopic (exact) mass is 444 g/mol. The van der Waals surface area contributed by atoms with E-state index in [-0.39, 0.29) is 5.91 Å². The van der Waals surface area contributed by atoms with E-state index in [2.05, 4.69) is 25.4 Å². The van der Waals surface area contributed by atoms with Crippen LogP contribution in [-0.2, 0) is 16.0 Å². The van der Waals surface area contributed by atoms with Gasteiger partial charge in [-0.05, 0) is 36.4 Å². The van der Waals surface area contributed by atoms with Gasteiger partial charge in [0, 0.05) is 37.5 Å². The Balaban J connectivity index is 1.54. The van der Waals surface area contributed by atoms with Gasteiger partial charge in [0.15, 0.2) is 0 Å². The highest BCUT2D eigenvalue weighted by atomic mass is 16.5. The molecule has 4 aromatic rings. The number of amides is 1. The average Bonchev–Trinajstić information content (AvgIpc) is 3.27. The lowest BCUT2D eigenvalue weighted by atomic mass is 10.1. The number of carbonyl (C=O) groups excluding carboxylic acids is 1. The van der Waals surface area contributed by atoms with E-state index in [9.17, 15) is 4.79 Å². The molecule has 0 aromatic carbocycles. The number of hydrogen-bond donors (Lipinski definition) is 1. The number of rotatable bonds is 10. The molecule has 4 aromatic heterocycles. The van der Waals surface area contributed by atoms with Crippen molar-refractivity contribution in [3.63, 3.8) is 0 Å². The van der Waals surface area contributed by atoms with Gasteiger partial charge in [0.1, 0.15) is 11.4 Å². The van der Waals surface area contributed by atoms with Crippen molar-refractivity contribution < 1.29 is 14.3 Å². The largest absolute Gasteiger partial charge is 0.382 e. The minimum atomic E-state index is -0.334. The Morgan fingerprint density at radius 2 is 1.82 bits per heavy atom. The Labute approximate surface area is 191 Å². The Morgan fingerprint density at radius 1 is 0.970 bits per heavy atom. The predicted octanol–water partition coefficient (Wildman–Crippen LogP) is 3.32. The maximum Gasteiger partial charge on any atom is 0.274 e. The van der Waals surface area contributed by atoms with E-state index in [1.54, 1.807) is 48.7 Å². The zero-order valence-electron chi connectivity index (χ0n) is 18.2. The Hall–Kier alpha value is -3.95. The van der Waals surface area contributed by atoms with E-state index in [4.69, 9.17) is 9.47 Å². The van der Waals surface area contributed by atoms with Crippen molar-refractivity contribution in [2.45, 2.75) is 6.54 Å². The van der Waals surface area contributed by atoms with Crippen LogP contribution in [0.4, 0.5) is 5.69 Å². The molecule has 0 fully saturated rings. The average molecular weight is 444 g/mol. The quantitative estimate of drug-likeness (QED) is 0.374. The minimum Gasteiger partial charge on any atom is -0.382 e. The van der Waals surface area contributed by atoms with Crippen molar-refractivity contribution in [3.8, 4) is 22.6 Å². The number of hydrogen-bond acceptors (Lipinski definition) is 7. The summed E-state index contributed by atoms with van der Waals surface area (Å²) in [5.74, 6) is -0.334. The molecule has 0 atom stereocenters. The maximum atomic E-state index is 13.0. The summed E-state index contributed by atoms with van der Waals surface area (Å²) in [5.41, 5.74) is 3.66. The Bertz CT molecular complexity index is 1180. The second-order valence-corrected chi connectivity index (χ2v) is 7.07. The van der Waals surface area contributed by atoms with Crippen LogP contribution in [-0.4, -0.2) is 57.6 Å². The summed E-state index contributed by atoms with van der Waals surface area (Å²) in [7, 11) is 1.63. The normalized spacial score (nSPS) is 10.8. The van der Waals surface area contributed by atoms with Gasteiger partial charge in [-0.2, -0.15) is 5.10 Å². The van der Waals surface area contributed by atoms with Gasteiger partial charge >= 0.3 is 0 Å². The molecule has 0 aliphatic carbocycles. The number of nitrogens with one attached hydrogen (secondary N) is 1. The van der Waals surface area contributed by atoms with Crippen LogP contribution < -0.4 is 5.32 Å². The fourth-order valence-electron chi connectivity index (χ4n) is 3.15. The first-order valence-corrected chi connectivity index (χ1v) is 10.5. The molecular weight excluding hydrogens is 420 g/mol. The van der Waals surface area contributed by atoms with Gasteiger partial charge in [-0.15, -0.1) is 0 Å². The van der Waals surface area contributed by atoms with Crippen LogP contribution in [0.5, 0.6) is 0 Å². The van der Waals surface area contributed by atoms with Crippen LogP contribution in [0, 0.1) is 0 Å². The molecule has 9 heteroatoms. The SMILES string of the molecule is COCCOCCn1cc(NC(=O)c2cccc(-c3ccncc3)n2)c(-c2ccccn2)n1. The first kappa shape index (κ1) is 22.3. The second-order valence-electron chi connectivity index (χ2n) is 7.07. The topological polar surface area (TPSA) is 104 Å². The fourth-order valence-corrected chi connectivity index (χ4v) is 3.15. The first-order valence-electron chi connectivity index (χ1n) is 10.5. The van der Waals surface area contributed by atoms with Crippen molar-refractivity contribution in [1.82, 2.24) is 24.7 Å². The molecule has 33 heavy (non-hydrogen) atoms. The van der Waals surface area contributed by atoms with Crippen molar-refractivity contribution >= 4 is 11.6 Å². The number of aromatic nitrogens is 5. The molecule has 9 nitrogen and oxygen atoms in total. The van der Waals surface area contributed by atoms with E-state index in [0.717, 1.165) is 5.56 Å². The van der Waals surface area contributed by atoms with Crippen LogP contribution >= 0.6 is 0 Å². The molecule has 0 aliphatic rings. The lowest BCUT2D eigenvalue weighted by Crippen LogP contribution is -2.14. The minimum absolute atomic E-state index is 0.298. The fraction of sp³-hybridized carbons (Fsp3) is 0.208. The Kier molecular flexibility index (Phi) is 7.47. The lowest BCUT2D eigenvalue weighted by molar-refractivity contribution is 0.0654. The van der Waals surface area contributed by atoms with Crippen LogP contribution in [0.15, 0.2) is 73.3 Å². The standard InChI is InChI=1S/C24H24N6O3/c1-32-15-16-33-14-13-30-17-22(23(29-30)20-5-2-3-10-26-20)28-24(31)21-7-4-6-19(27-21)18-8-11-25-12-9-18/h2-12,17H,13-16H2,1H3,(H,28,31). The molecule has 1 amide bonds. The van der Waals surface area contributed by atoms with Crippen LogP contribution in [0.3, 0.4) is 0 Å². The number of ether oxygens (including phenoxy) is 2. The van der Waals surface area contributed by atoms with Crippen LogP contribution in [0.2, 0.25) is 0 Å². The zero-order valence-corrected chi connectivity index (χ0v) is 18.2. The predicted molar refractivity (Wildman–Crippen MR) is 124 cm³/mol. The van der Waals surface area contributed by atoms with E-state index in [0.29, 0.717) is 54.8 Å². The third-order valence-corrected chi connectivity index (χ3v) is 4.77. The number of anilines is 1. The number of methoxy groups -OCH3 is 1. The number of pyridine rings is 3. The van der Waals surface area contributed by atoms with Crippen molar-refractivity contribution in [1.29, 1.82) is 0 Å². The Morgan fingerprint density at radius 3 is 2.61 bits per heavy atom. The molecule has 0 spiro atoms. The molecule has 168 valence electrons. The molecule has 4 rings (SSSR count). The summed E-state index contributed by atoms with van der Waals surface area (Å²) < 4.78 is 12.2. The second kappa shape index (κ2) is 11.1. The van der Waals surface area contributed by atoms with Gasteiger partial charge in [0.2, 0.25) is 0 Å². The molecule has 0 unspecified atom stereocenters. The first-order chi connectivity index (χ1) is 16.2. The summed E-state index contributed by atoms with van der Waals surface area (Å²) in [4.78, 5) is 26.0. The molecule has 0 saturated carbocycles. The van der Waals surface area contributed by atoms with Crippen LogP contribution in [0.25, 0.3) is 22.6 Å². The van der Waals surface area contributed by atoms with Gasteiger partial charge in [-0.3, -0.25) is 19.4 Å². The molecule has 0 bridgehead atoms. The highest BCUT2D eigenvalue weighted by Crippen LogP contribution is 2.25. The van der Waals surface area contributed by atoms with Gasteiger partial charge in [-0.1, -0.05) is 12.1 Å². The summed E-state index contributed by atoms with van der Waals surface area (Å²) in [5, 5.41) is 7.55. The van der Waals surface area contributed by atoms with E-state index in [1.807, 2.05) is 36.4 Å². The number of carbonyl (C=O) groups is 1. The molecule has 0 saturated heterocycles. The van der Waals surface area contributed by atoms with Gasteiger partial charge in [0.05, 0.1) is 43.4 Å². The van der Waals surface area contributed by atoms with Gasteiger partial charge < -0.3 is 14.8 Å². The third kappa shape index (κ3) is 5.85. The van der Waals surface area contributed by atoms with Gasteiger partial charge in [-0.25, -0.2) is 4.98 Å². The maximum absolute atomic E-state index is 13.0. The van der Waals surface area contributed by atoms with Crippen molar-refractivity contribution in [3.05, 3.63) is 79.0 Å². The summed E-state index contributed by atoms with van der Waals surface area (Å²) in [6.45, 7) is 2.03. The smallest absolute Gasteiger partial charge is 0.274 e. The van der Waals surface area contributed by atoms with E-state index in [1.165, 1.54) is 0 Å². The van der Waals surface area contributed by atoms with Crippen LogP contribution in [0.1, 0.15) is 10.5 Å². The molecule has 0 radical (unpaired) electrons. The van der Waals surface area contributed by atoms with Gasteiger partial charge in [0.25, 0.3) is 5.91 Å². The number of nitrogens with zero attached hydrogens (tertiary/aromatic N) is 5. The summed E-state index contributed by atoms with van der Waals surface area (Å²) in [6, 6.07) is 14.6. The lowest BCUT2D eigenvalue weighted by Gasteiger charge is -2.06. The molecule has 4 heterocycles. The summed E-state index contributed by atoms with van der Waals surface area (Å²) in [6.07, 6.45) is 6.84. The third-order valence-electron chi connectivity index (χ3n) is 4.77. The molecule has 0 aliphatic heterocycles. The highest BCUT2D eigenvalue weighted by Gasteiger charge is 2.17. The van der Waals surface area contributed by atoms with Crippen molar-refractivity contribution in [2.75, 3.05) is 32.2 Å². The van der Waals surface area contributed by atoms with E-state index < -0.39 is 0 Å². The molecule has 1 N–H and O–H groups in total. The zero-order chi connectivity index (χ0) is 22.9. The van der Waals surface area contributed by atoms with Crippen molar-refractivity contribution in [2.24, 2.45) is 0 Å². The molecular formula is C24H24N6O3. The summed E-state index contributed by atoms with van der Waals surface area (Å²) >= 11 is 0.